The van der Waals surface area contributed by atoms with Crippen molar-refractivity contribution in [1.82, 2.24) is 0 Å². The van der Waals surface area contributed by atoms with E-state index in [2.05, 4.69) is 68.6 Å². The number of allylic oxidation sites excluding steroid dienone is 6. The number of aliphatic imine (C=N–C) groups is 1. The van der Waals surface area contributed by atoms with E-state index in [-0.39, 0.29) is 0 Å². The molecule has 1 atom stereocenters. The number of benzene rings is 2. The van der Waals surface area contributed by atoms with E-state index in [9.17, 15) is 0 Å². The molecule has 0 amide bonds. The maximum atomic E-state index is 4.84. The van der Waals surface area contributed by atoms with E-state index in [1.807, 2.05) is 18.2 Å². The van der Waals surface area contributed by atoms with Gasteiger partial charge >= 0.3 is 0 Å². The van der Waals surface area contributed by atoms with E-state index in [0.29, 0.717) is 5.92 Å². The standard InChI is InChI=1S/C27H27N/c1-19(2)22-8-7-9-23(17-22)24-13-12-21(15-24)16-25-18-27(14-20(25)3)28-26-10-5-4-6-11-26/h4-13,17,25H,1,3,14-16,18H2,2H3. The normalized spacial score (nSPS) is 20.4. The number of hydrogen-bond acceptors (Lipinski definition) is 1. The molecular weight excluding hydrogens is 338 g/mol. The predicted molar refractivity (Wildman–Crippen MR) is 122 cm³/mol. The van der Waals surface area contributed by atoms with E-state index >= 15 is 0 Å². The highest BCUT2D eigenvalue weighted by molar-refractivity contribution is 5.92. The van der Waals surface area contributed by atoms with Crippen molar-refractivity contribution in [3.05, 3.63) is 102 Å². The van der Waals surface area contributed by atoms with Gasteiger partial charge in [-0.25, -0.2) is 0 Å². The fourth-order valence-electron chi connectivity index (χ4n) is 4.11. The molecule has 1 heteroatoms. The van der Waals surface area contributed by atoms with Gasteiger partial charge in [-0.05, 0) is 67.0 Å². The Kier molecular flexibility index (Phi) is 5.25. The third-order valence-corrected chi connectivity index (χ3v) is 5.71. The lowest BCUT2D eigenvalue weighted by Crippen LogP contribution is -1.99. The lowest BCUT2D eigenvalue weighted by Gasteiger charge is -2.13. The molecule has 2 aliphatic carbocycles. The minimum Gasteiger partial charge on any atom is -0.257 e. The molecule has 2 aromatic carbocycles. The largest absolute Gasteiger partial charge is 0.257 e. The molecular formula is C27H27N. The summed E-state index contributed by atoms with van der Waals surface area (Å²) in [6, 6.07) is 19.0. The summed E-state index contributed by atoms with van der Waals surface area (Å²) in [6.07, 6.45) is 8.69. The zero-order valence-corrected chi connectivity index (χ0v) is 16.6. The van der Waals surface area contributed by atoms with E-state index < -0.39 is 0 Å². The molecule has 4 rings (SSSR count). The fraction of sp³-hybridized carbons (Fsp3) is 0.222. The van der Waals surface area contributed by atoms with E-state index in [1.165, 1.54) is 33.6 Å². The summed E-state index contributed by atoms with van der Waals surface area (Å²) in [6.45, 7) is 10.5. The van der Waals surface area contributed by atoms with Crippen LogP contribution < -0.4 is 0 Å². The van der Waals surface area contributed by atoms with Crippen molar-refractivity contribution in [3.63, 3.8) is 0 Å². The third kappa shape index (κ3) is 4.14. The maximum absolute atomic E-state index is 4.84. The van der Waals surface area contributed by atoms with Gasteiger partial charge in [0.2, 0.25) is 0 Å². The smallest absolute Gasteiger partial charge is 0.0629 e. The Bertz CT molecular complexity index is 1000. The molecule has 1 saturated carbocycles. The molecule has 28 heavy (non-hydrogen) atoms. The van der Waals surface area contributed by atoms with Crippen LogP contribution in [0.15, 0.2) is 96.0 Å². The molecule has 0 aromatic heterocycles. The van der Waals surface area contributed by atoms with Crippen LogP contribution in [0.25, 0.3) is 11.1 Å². The predicted octanol–water partition coefficient (Wildman–Crippen LogP) is 7.56. The van der Waals surface area contributed by atoms with Crippen molar-refractivity contribution in [2.24, 2.45) is 10.9 Å². The van der Waals surface area contributed by atoms with Crippen molar-refractivity contribution in [2.75, 3.05) is 0 Å². The highest BCUT2D eigenvalue weighted by atomic mass is 14.8. The molecule has 0 bridgehead atoms. The maximum Gasteiger partial charge on any atom is 0.0629 e. The Balaban J connectivity index is 1.39. The molecule has 2 aliphatic rings. The van der Waals surface area contributed by atoms with E-state index in [1.54, 1.807) is 0 Å². The van der Waals surface area contributed by atoms with Gasteiger partial charge in [-0.1, -0.05) is 78.4 Å². The average Bonchev–Trinajstić information content (AvgIpc) is 3.30. The number of rotatable bonds is 5. The summed E-state index contributed by atoms with van der Waals surface area (Å²) in [4.78, 5) is 4.84. The lowest BCUT2D eigenvalue weighted by molar-refractivity contribution is 0.657. The molecule has 0 saturated heterocycles. The highest BCUT2D eigenvalue weighted by Crippen LogP contribution is 2.38. The first-order valence-electron chi connectivity index (χ1n) is 10.0. The second kappa shape index (κ2) is 7.98. The van der Waals surface area contributed by atoms with Gasteiger partial charge in [0.15, 0.2) is 0 Å². The van der Waals surface area contributed by atoms with Crippen LogP contribution in [0.5, 0.6) is 0 Å². The molecule has 0 N–H and O–H groups in total. The number of para-hydroxylation sites is 1. The van der Waals surface area contributed by atoms with Crippen molar-refractivity contribution in [1.29, 1.82) is 0 Å². The second-order valence-corrected chi connectivity index (χ2v) is 8.01. The van der Waals surface area contributed by atoms with Gasteiger partial charge in [0.05, 0.1) is 5.69 Å². The monoisotopic (exact) mass is 365 g/mol. The summed E-state index contributed by atoms with van der Waals surface area (Å²) < 4.78 is 0. The number of nitrogens with zero attached hydrogens (tertiary/aromatic N) is 1. The van der Waals surface area contributed by atoms with Crippen molar-refractivity contribution in [3.8, 4) is 0 Å². The minimum atomic E-state index is 0.517. The summed E-state index contributed by atoms with van der Waals surface area (Å²) in [5.41, 5.74) is 10.2. The van der Waals surface area contributed by atoms with Crippen LogP contribution in [-0.2, 0) is 0 Å². The quantitative estimate of drug-likeness (QED) is 0.485. The minimum absolute atomic E-state index is 0.517. The zero-order chi connectivity index (χ0) is 19.5. The van der Waals surface area contributed by atoms with Gasteiger partial charge < -0.3 is 0 Å². The van der Waals surface area contributed by atoms with Crippen LogP contribution in [0, 0.1) is 5.92 Å². The van der Waals surface area contributed by atoms with Crippen molar-refractivity contribution in [2.45, 2.75) is 32.6 Å². The van der Waals surface area contributed by atoms with Gasteiger partial charge in [-0.3, -0.25) is 4.99 Å². The van der Waals surface area contributed by atoms with Crippen molar-refractivity contribution >= 4 is 22.5 Å². The van der Waals surface area contributed by atoms with Crippen LogP contribution in [0.1, 0.15) is 43.7 Å². The van der Waals surface area contributed by atoms with E-state index in [4.69, 9.17) is 4.99 Å². The van der Waals surface area contributed by atoms with Gasteiger partial charge in [0.1, 0.15) is 0 Å². The topological polar surface area (TPSA) is 12.4 Å². The first-order valence-corrected chi connectivity index (χ1v) is 10.0. The van der Waals surface area contributed by atoms with Gasteiger partial charge in [-0.2, -0.15) is 0 Å². The van der Waals surface area contributed by atoms with Crippen molar-refractivity contribution < 1.29 is 0 Å². The first kappa shape index (κ1) is 18.4. The summed E-state index contributed by atoms with van der Waals surface area (Å²) in [7, 11) is 0. The average molecular weight is 366 g/mol. The highest BCUT2D eigenvalue weighted by Gasteiger charge is 2.26. The van der Waals surface area contributed by atoms with Gasteiger partial charge in [0.25, 0.3) is 0 Å². The number of hydrogen-bond donors (Lipinski definition) is 0. The summed E-state index contributed by atoms with van der Waals surface area (Å²) in [5, 5.41) is 0. The Morgan fingerprint density at radius 2 is 1.86 bits per heavy atom. The molecule has 0 radical (unpaired) electrons. The molecule has 1 nitrogen and oxygen atoms in total. The van der Waals surface area contributed by atoms with Gasteiger partial charge in [0, 0.05) is 12.1 Å². The second-order valence-electron chi connectivity index (χ2n) is 8.01. The molecule has 0 heterocycles. The first-order chi connectivity index (χ1) is 13.6. The van der Waals surface area contributed by atoms with E-state index in [0.717, 1.165) is 36.9 Å². The lowest BCUT2D eigenvalue weighted by atomic mass is 9.92. The fourth-order valence-corrected chi connectivity index (χ4v) is 4.11. The SMILES string of the molecule is C=C(C)c1cccc(C2=CC=C(CC3CC(=Nc4ccccc4)CC3=C)C2)c1. The summed E-state index contributed by atoms with van der Waals surface area (Å²) >= 11 is 0. The van der Waals surface area contributed by atoms with Crippen LogP contribution in [0.2, 0.25) is 0 Å². The third-order valence-electron chi connectivity index (χ3n) is 5.71. The van der Waals surface area contributed by atoms with Crippen LogP contribution in [-0.4, -0.2) is 5.71 Å². The molecule has 1 fully saturated rings. The Hall–Kier alpha value is -2.93. The van der Waals surface area contributed by atoms with Crippen LogP contribution in [0.4, 0.5) is 5.69 Å². The van der Waals surface area contributed by atoms with Crippen LogP contribution in [0.3, 0.4) is 0 Å². The Labute approximate surface area is 168 Å². The molecule has 2 aromatic rings. The molecule has 140 valence electrons. The molecule has 0 aliphatic heterocycles. The molecule has 0 spiro atoms. The zero-order valence-electron chi connectivity index (χ0n) is 16.6. The Morgan fingerprint density at radius 1 is 1.04 bits per heavy atom. The Morgan fingerprint density at radius 3 is 2.64 bits per heavy atom. The molecule has 1 unspecified atom stereocenters. The van der Waals surface area contributed by atoms with Crippen LogP contribution >= 0.6 is 0 Å². The van der Waals surface area contributed by atoms with Gasteiger partial charge in [-0.15, -0.1) is 0 Å². The summed E-state index contributed by atoms with van der Waals surface area (Å²) in [5.74, 6) is 0.517.